The molecule has 1 aliphatic rings. The maximum atomic E-state index is 4.14. The Morgan fingerprint density at radius 3 is 2.84 bits per heavy atom. The van der Waals surface area contributed by atoms with Gasteiger partial charge in [0.05, 0.1) is 17.4 Å². The van der Waals surface area contributed by atoms with E-state index in [2.05, 4.69) is 26.5 Å². The Hall–Kier alpha value is -1.68. The van der Waals surface area contributed by atoms with Crippen LogP contribution in [0.15, 0.2) is 30.5 Å². The zero-order valence-electron chi connectivity index (χ0n) is 11.2. The molecule has 1 aliphatic heterocycles. The first-order valence-corrected chi connectivity index (χ1v) is 7.10. The topological polar surface area (TPSA) is 41.0 Å². The van der Waals surface area contributed by atoms with Gasteiger partial charge in [-0.2, -0.15) is 10.2 Å². The van der Waals surface area contributed by atoms with E-state index >= 15 is 0 Å². The molecular formula is C15H20N4. The average molecular weight is 256 g/mol. The monoisotopic (exact) mass is 256 g/mol. The molecule has 3 rings (SSSR count). The summed E-state index contributed by atoms with van der Waals surface area (Å²) in [4.78, 5) is 2.54. The summed E-state index contributed by atoms with van der Waals surface area (Å²) in [6, 6.07) is 8.12. The van der Waals surface area contributed by atoms with Gasteiger partial charge in [-0.25, -0.2) is 0 Å². The minimum absolute atomic E-state index is 0.950. The fraction of sp³-hybridized carbons (Fsp3) is 0.467. The molecule has 0 spiro atoms. The molecule has 0 amide bonds. The van der Waals surface area contributed by atoms with Crippen LogP contribution < -0.4 is 5.32 Å². The molecule has 100 valence electrons. The van der Waals surface area contributed by atoms with Gasteiger partial charge in [-0.1, -0.05) is 24.6 Å². The summed E-state index contributed by atoms with van der Waals surface area (Å²) in [5, 5.41) is 12.8. The number of anilines is 1. The molecule has 1 fully saturated rings. The summed E-state index contributed by atoms with van der Waals surface area (Å²) in [6.07, 6.45) is 5.90. The highest BCUT2D eigenvalue weighted by Gasteiger charge is 2.09. The predicted molar refractivity (Wildman–Crippen MR) is 78.3 cm³/mol. The van der Waals surface area contributed by atoms with E-state index in [1.165, 1.54) is 32.4 Å². The minimum atomic E-state index is 0.950. The van der Waals surface area contributed by atoms with Crippen LogP contribution >= 0.6 is 0 Å². The van der Waals surface area contributed by atoms with Gasteiger partial charge in [-0.15, -0.1) is 0 Å². The van der Waals surface area contributed by atoms with Gasteiger partial charge in [0.25, 0.3) is 0 Å². The van der Waals surface area contributed by atoms with E-state index in [0.717, 1.165) is 29.7 Å². The fourth-order valence-electron chi connectivity index (χ4n) is 2.68. The van der Waals surface area contributed by atoms with E-state index in [1.54, 1.807) is 0 Å². The zero-order valence-corrected chi connectivity index (χ0v) is 11.2. The molecule has 2 aromatic rings. The van der Waals surface area contributed by atoms with Crippen LogP contribution in [0.4, 0.5) is 5.69 Å². The molecule has 2 heterocycles. The van der Waals surface area contributed by atoms with Gasteiger partial charge < -0.3 is 10.2 Å². The molecule has 0 aliphatic carbocycles. The fourth-order valence-corrected chi connectivity index (χ4v) is 2.68. The number of nitrogens with one attached hydrogen (secondary N) is 1. The number of likely N-dealkylation sites (tertiary alicyclic amines) is 1. The van der Waals surface area contributed by atoms with Crippen molar-refractivity contribution in [3.8, 4) is 0 Å². The number of fused-ring (bicyclic) bond motifs is 1. The molecule has 4 heteroatoms. The first-order chi connectivity index (χ1) is 9.43. The van der Waals surface area contributed by atoms with Crippen molar-refractivity contribution in [2.45, 2.75) is 19.3 Å². The molecule has 0 radical (unpaired) electrons. The van der Waals surface area contributed by atoms with Crippen molar-refractivity contribution in [1.82, 2.24) is 15.1 Å². The Balaban J connectivity index is 1.62. The molecule has 0 atom stereocenters. The number of hydrogen-bond donors (Lipinski definition) is 1. The lowest BCUT2D eigenvalue weighted by molar-refractivity contribution is 0.237. The quantitative estimate of drug-likeness (QED) is 0.912. The van der Waals surface area contributed by atoms with Crippen molar-refractivity contribution >= 4 is 16.6 Å². The van der Waals surface area contributed by atoms with Crippen LogP contribution in [0.25, 0.3) is 10.9 Å². The van der Waals surface area contributed by atoms with E-state index in [-0.39, 0.29) is 0 Å². The van der Waals surface area contributed by atoms with Gasteiger partial charge in [0.15, 0.2) is 0 Å². The summed E-state index contributed by atoms with van der Waals surface area (Å²) >= 11 is 0. The normalized spacial score (nSPS) is 16.6. The lowest BCUT2D eigenvalue weighted by Gasteiger charge is -2.26. The van der Waals surface area contributed by atoms with Crippen molar-refractivity contribution in [2.24, 2.45) is 0 Å². The van der Waals surface area contributed by atoms with Crippen LogP contribution in [0.1, 0.15) is 19.3 Å². The van der Waals surface area contributed by atoms with Crippen LogP contribution in [0, 0.1) is 0 Å². The summed E-state index contributed by atoms with van der Waals surface area (Å²) in [6.45, 7) is 4.57. The molecule has 0 bridgehead atoms. The molecular weight excluding hydrogens is 236 g/mol. The highest BCUT2D eigenvalue weighted by molar-refractivity contribution is 5.90. The molecule has 4 nitrogen and oxygen atoms in total. The summed E-state index contributed by atoms with van der Waals surface area (Å²) < 4.78 is 0. The molecule has 19 heavy (non-hydrogen) atoms. The van der Waals surface area contributed by atoms with Gasteiger partial charge in [0.1, 0.15) is 0 Å². The van der Waals surface area contributed by atoms with Gasteiger partial charge in [0, 0.05) is 18.5 Å². The largest absolute Gasteiger partial charge is 0.382 e. The Bertz CT molecular complexity index is 529. The lowest BCUT2D eigenvalue weighted by atomic mass is 10.1. The summed E-state index contributed by atoms with van der Waals surface area (Å²) in [7, 11) is 0. The summed E-state index contributed by atoms with van der Waals surface area (Å²) in [5.41, 5.74) is 2.04. The highest BCUT2D eigenvalue weighted by atomic mass is 15.1. The third kappa shape index (κ3) is 3.01. The maximum absolute atomic E-state index is 4.14. The first-order valence-electron chi connectivity index (χ1n) is 7.10. The van der Waals surface area contributed by atoms with Crippen molar-refractivity contribution < 1.29 is 0 Å². The Morgan fingerprint density at radius 2 is 1.95 bits per heavy atom. The third-order valence-corrected chi connectivity index (χ3v) is 3.74. The molecule has 1 saturated heterocycles. The number of benzene rings is 1. The summed E-state index contributed by atoms with van der Waals surface area (Å²) in [5.74, 6) is 0. The number of nitrogens with zero attached hydrogens (tertiary/aromatic N) is 3. The van der Waals surface area contributed by atoms with Crippen molar-refractivity contribution in [1.29, 1.82) is 0 Å². The maximum Gasteiger partial charge on any atom is 0.0950 e. The van der Waals surface area contributed by atoms with Crippen LogP contribution in [-0.2, 0) is 0 Å². The van der Waals surface area contributed by atoms with Crippen LogP contribution in [-0.4, -0.2) is 41.3 Å². The van der Waals surface area contributed by atoms with E-state index in [0.29, 0.717) is 0 Å². The van der Waals surface area contributed by atoms with Crippen molar-refractivity contribution in [3.05, 3.63) is 30.5 Å². The second kappa shape index (κ2) is 5.97. The van der Waals surface area contributed by atoms with E-state index in [4.69, 9.17) is 0 Å². The van der Waals surface area contributed by atoms with Gasteiger partial charge in [-0.05, 0) is 32.0 Å². The Kier molecular flexibility index (Phi) is 3.89. The number of rotatable bonds is 4. The highest BCUT2D eigenvalue weighted by Crippen LogP contribution is 2.19. The standard InChI is InChI=1S/C15H20N4/c1-4-9-19(10-5-1)11-8-16-15-12-17-18-14-7-3-2-6-13(14)15/h2-3,6-7,12H,1,4-5,8-11H2,(H,16,18). The molecule has 0 unspecified atom stereocenters. The molecule has 0 saturated carbocycles. The molecule has 1 aromatic carbocycles. The first kappa shape index (κ1) is 12.4. The smallest absolute Gasteiger partial charge is 0.0950 e. The van der Waals surface area contributed by atoms with Crippen molar-refractivity contribution in [2.75, 3.05) is 31.5 Å². The van der Waals surface area contributed by atoms with Crippen LogP contribution in [0.2, 0.25) is 0 Å². The number of hydrogen-bond acceptors (Lipinski definition) is 4. The van der Waals surface area contributed by atoms with E-state index < -0.39 is 0 Å². The second-order valence-electron chi connectivity index (χ2n) is 5.10. The Morgan fingerprint density at radius 1 is 1.11 bits per heavy atom. The number of piperidine rings is 1. The van der Waals surface area contributed by atoms with E-state index in [1.807, 2.05) is 24.4 Å². The van der Waals surface area contributed by atoms with Gasteiger partial charge in [0.2, 0.25) is 0 Å². The third-order valence-electron chi connectivity index (χ3n) is 3.74. The zero-order chi connectivity index (χ0) is 12.9. The minimum Gasteiger partial charge on any atom is -0.382 e. The lowest BCUT2D eigenvalue weighted by Crippen LogP contribution is -2.33. The average Bonchev–Trinajstić information content (AvgIpc) is 2.49. The van der Waals surface area contributed by atoms with Gasteiger partial charge in [-0.3, -0.25) is 0 Å². The number of aromatic nitrogens is 2. The van der Waals surface area contributed by atoms with Crippen LogP contribution in [0.5, 0.6) is 0 Å². The van der Waals surface area contributed by atoms with E-state index in [9.17, 15) is 0 Å². The van der Waals surface area contributed by atoms with Gasteiger partial charge >= 0.3 is 0 Å². The second-order valence-corrected chi connectivity index (χ2v) is 5.10. The predicted octanol–water partition coefficient (Wildman–Crippen LogP) is 2.53. The molecule has 1 aromatic heterocycles. The Labute approximate surface area is 113 Å². The van der Waals surface area contributed by atoms with Crippen molar-refractivity contribution in [3.63, 3.8) is 0 Å². The molecule has 1 N–H and O–H groups in total. The SMILES string of the molecule is c1ccc2c(NCCN3CCCCC3)cnnc2c1. The van der Waals surface area contributed by atoms with Crippen LogP contribution in [0.3, 0.4) is 0 Å².